The van der Waals surface area contributed by atoms with Gasteiger partial charge in [0, 0.05) is 6.54 Å². The van der Waals surface area contributed by atoms with Crippen molar-refractivity contribution in [2.24, 2.45) is 5.92 Å². The smallest absolute Gasteiger partial charge is 0.236 e. The molecule has 1 saturated carbocycles. The number of aromatic nitrogens is 3. The second-order valence-electron chi connectivity index (χ2n) is 5.55. The van der Waals surface area contributed by atoms with E-state index in [0.29, 0.717) is 32.1 Å². The minimum absolute atomic E-state index is 0.131. The van der Waals surface area contributed by atoms with Gasteiger partial charge in [0.1, 0.15) is 11.9 Å². The van der Waals surface area contributed by atoms with Crippen LogP contribution in [0.25, 0.3) is 0 Å². The van der Waals surface area contributed by atoms with Crippen LogP contribution in [-0.4, -0.2) is 58.8 Å². The average Bonchev–Trinajstić information content (AvgIpc) is 3.18. The Kier molecular flexibility index (Phi) is 3.98. The quantitative estimate of drug-likeness (QED) is 0.793. The van der Waals surface area contributed by atoms with Crippen molar-refractivity contribution in [3.05, 3.63) is 11.6 Å². The van der Waals surface area contributed by atoms with Crippen molar-refractivity contribution >= 4 is 5.91 Å². The second-order valence-corrected chi connectivity index (χ2v) is 5.55. The molecular weight excluding hydrogens is 258 g/mol. The molecular formula is C13H21N5O2. The Hall–Kier alpha value is -1.47. The predicted molar refractivity (Wildman–Crippen MR) is 72.0 cm³/mol. The predicted octanol–water partition coefficient (Wildman–Crippen LogP) is 0.0126. The molecule has 1 unspecified atom stereocenters. The number of carbonyl (C=O) groups excluding carboxylic acids is 1. The zero-order valence-electron chi connectivity index (χ0n) is 11.8. The Balaban J connectivity index is 1.50. The molecule has 0 spiro atoms. The molecule has 1 atom stereocenters. The van der Waals surface area contributed by atoms with Gasteiger partial charge in [0.2, 0.25) is 5.91 Å². The first kappa shape index (κ1) is 13.5. The van der Waals surface area contributed by atoms with Gasteiger partial charge in [-0.05, 0) is 32.2 Å². The van der Waals surface area contributed by atoms with E-state index < -0.39 is 0 Å². The number of ether oxygens (including phenoxy) is 1. The molecule has 110 valence electrons. The van der Waals surface area contributed by atoms with Gasteiger partial charge in [0.05, 0.1) is 19.7 Å². The highest BCUT2D eigenvalue weighted by Gasteiger charge is 2.28. The van der Waals surface area contributed by atoms with Gasteiger partial charge in [0.15, 0.2) is 5.82 Å². The number of nitrogens with zero attached hydrogens (tertiary/aromatic N) is 3. The summed E-state index contributed by atoms with van der Waals surface area (Å²) in [5.41, 5.74) is 0. The van der Waals surface area contributed by atoms with E-state index in [1.54, 1.807) is 0 Å². The van der Waals surface area contributed by atoms with E-state index >= 15 is 0 Å². The molecule has 7 nitrogen and oxygen atoms in total. The van der Waals surface area contributed by atoms with Crippen LogP contribution in [0.3, 0.4) is 0 Å². The van der Waals surface area contributed by atoms with Crippen LogP contribution in [0, 0.1) is 12.8 Å². The van der Waals surface area contributed by atoms with Crippen LogP contribution >= 0.6 is 0 Å². The minimum Gasteiger partial charge on any atom is -0.366 e. The maximum absolute atomic E-state index is 12.1. The fourth-order valence-corrected chi connectivity index (χ4v) is 2.35. The number of morpholine rings is 1. The van der Waals surface area contributed by atoms with E-state index in [4.69, 9.17) is 4.74 Å². The zero-order valence-corrected chi connectivity index (χ0v) is 11.8. The third-order valence-corrected chi connectivity index (χ3v) is 3.73. The molecule has 1 amide bonds. The normalized spacial score (nSPS) is 23.1. The van der Waals surface area contributed by atoms with Crippen LogP contribution in [0.4, 0.5) is 0 Å². The number of carbonyl (C=O) groups is 1. The summed E-state index contributed by atoms with van der Waals surface area (Å²) in [6, 6.07) is 0. The molecule has 2 aliphatic rings. The maximum Gasteiger partial charge on any atom is 0.236 e. The van der Waals surface area contributed by atoms with E-state index in [2.05, 4.69) is 20.5 Å². The van der Waals surface area contributed by atoms with Crippen molar-refractivity contribution in [1.29, 1.82) is 0 Å². The number of aromatic amines is 1. The lowest BCUT2D eigenvalue weighted by Gasteiger charge is -2.31. The first-order chi connectivity index (χ1) is 9.72. The average molecular weight is 279 g/mol. The third kappa shape index (κ3) is 3.34. The Morgan fingerprint density at radius 1 is 1.55 bits per heavy atom. The van der Waals surface area contributed by atoms with Crippen LogP contribution in [0.5, 0.6) is 0 Å². The number of rotatable bonds is 5. The lowest BCUT2D eigenvalue weighted by atomic mass is 10.2. The van der Waals surface area contributed by atoms with Crippen LogP contribution in [-0.2, 0) is 9.53 Å². The Morgan fingerprint density at radius 3 is 3.10 bits per heavy atom. The van der Waals surface area contributed by atoms with Crippen molar-refractivity contribution in [3.63, 3.8) is 0 Å². The molecule has 2 heterocycles. The van der Waals surface area contributed by atoms with Gasteiger partial charge in [-0.2, -0.15) is 5.10 Å². The van der Waals surface area contributed by atoms with Crippen molar-refractivity contribution in [1.82, 2.24) is 25.4 Å². The molecule has 1 saturated heterocycles. The standard InChI is InChI=1S/C13H21N5O2/c1-9-15-13(17-16-9)11-8-18(4-5-20-11)12(19)7-14-6-10-2-3-10/h10-11,14H,2-8H2,1H3,(H,15,16,17). The molecule has 0 bridgehead atoms. The number of amides is 1. The van der Waals surface area contributed by atoms with E-state index in [-0.39, 0.29) is 12.0 Å². The van der Waals surface area contributed by atoms with Gasteiger partial charge in [-0.25, -0.2) is 4.98 Å². The van der Waals surface area contributed by atoms with E-state index in [0.717, 1.165) is 18.3 Å². The van der Waals surface area contributed by atoms with Crippen molar-refractivity contribution in [2.45, 2.75) is 25.9 Å². The van der Waals surface area contributed by atoms with Crippen LogP contribution < -0.4 is 5.32 Å². The fraction of sp³-hybridized carbons (Fsp3) is 0.769. The number of H-pyrrole nitrogens is 1. The molecule has 3 rings (SSSR count). The van der Waals surface area contributed by atoms with Crippen LogP contribution in [0.15, 0.2) is 0 Å². The lowest BCUT2D eigenvalue weighted by molar-refractivity contribution is -0.138. The molecule has 2 N–H and O–H groups in total. The zero-order chi connectivity index (χ0) is 13.9. The van der Waals surface area contributed by atoms with Crippen LogP contribution in [0.1, 0.15) is 30.6 Å². The van der Waals surface area contributed by atoms with Gasteiger partial charge in [-0.1, -0.05) is 0 Å². The molecule has 1 aromatic heterocycles. The van der Waals surface area contributed by atoms with Gasteiger partial charge in [-0.3, -0.25) is 9.89 Å². The Labute approximate surface area is 118 Å². The van der Waals surface area contributed by atoms with E-state index in [9.17, 15) is 4.79 Å². The summed E-state index contributed by atoms with van der Waals surface area (Å²) in [6.07, 6.45) is 2.37. The summed E-state index contributed by atoms with van der Waals surface area (Å²) in [6.45, 7) is 4.93. The summed E-state index contributed by atoms with van der Waals surface area (Å²) in [5.74, 6) is 2.31. The summed E-state index contributed by atoms with van der Waals surface area (Å²) in [4.78, 5) is 18.3. The van der Waals surface area contributed by atoms with E-state index in [1.165, 1.54) is 12.8 Å². The highest BCUT2D eigenvalue weighted by Crippen LogP contribution is 2.27. The van der Waals surface area contributed by atoms with Crippen molar-refractivity contribution in [2.75, 3.05) is 32.8 Å². The van der Waals surface area contributed by atoms with E-state index in [1.807, 2.05) is 11.8 Å². The topological polar surface area (TPSA) is 83.1 Å². The summed E-state index contributed by atoms with van der Waals surface area (Å²) in [5, 5.41) is 10.2. The number of nitrogens with one attached hydrogen (secondary N) is 2. The summed E-state index contributed by atoms with van der Waals surface area (Å²) < 4.78 is 5.65. The van der Waals surface area contributed by atoms with Crippen LogP contribution in [0.2, 0.25) is 0 Å². The SMILES string of the molecule is Cc1nc(C2CN(C(=O)CNCC3CC3)CCO2)n[nH]1. The maximum atomic E-state index is 12.1. The van der Waals surface area contributed by atoms with Gasteiger partial charge >= 0.3 is 0 Å². The first-order valence-electron chi connectivity index (χ1n) is 7.21. The number of hydrogen-bond acceptors (Lipinski definition) is 5. The third-order valence-electron chi connectivity index (χ3n) is 3.73. The second kappa shape index (κ2) is 5.88. The molecule has 20 heavy (non-hydrogen) atoms. The highest BCUT2D eigenvalue weighted by atomic mass is 16.5. The Morgan fingerprint density at radius 2 is 2.40 bits per heavy atom. The largest absolute Gasteiger partial charge is 0.366 e. The Bertz CT molecular complexity index is 471. The van der Waals surface area contributed by atoms with Gasteiger partial charge in [0.25, 0.3) is 0 Å². The lowest BCUT2D eigenvalue weighted by Crippen LogP contribution is -2.46. The molecule has 2 fully saturated rings. The minimum atomic E-state index is -0.221. The molecule has 1 aromatic rings. The first-order valence-corrected chi connectivity index (χ1v) is 7.21. The fourth-order valence-electron chi connectivity index (χ4n) is 2.35. The molecule has 7 heteroatoms. The highest BCUT2D eigenvalue weighted by molar-refractivity contribution is 5.78. The van der Waals surface area contributed by atoms with Gasteiger partial charge < -0.3 is 15.0 Å². The molecule has 0 aromatic carbocycles. The molecule has 1 aliphatic carbocycles. The monoisotopic (exact) mass is 279 g/mol. The van der Waals surface area contributed by atoms with Crippen molar-refractivity contribution < 1.29 is 9.53 Å². The number of hydrogen-bond donors (Lipinski definition) is 2. The summed E-state index contributed by atoms with van der Waals surface area (Å²) in [7, 11) is 0. The molecule has 0 radical (unpaired) electrons. The van der Waals surface area contributed by atoms with Gasteiger partial charge in [-0.15, -0.1) is 0 Å². The summed E-state index contributed by atoms with van der Waals surface area (Å²) >= 11 is 0. The molecule has 1 aliphatic heterocycles. The van der Waals surface area contributed by atoms with Crippen molar-refractivity contribution in [3.8, 4) is 0 Å². The number of aryl methyl sites for hydroxylation is 1.